The smallest absolute Gasteiger partial charge is 0.277 e. The van der Waals surface area contributed by atoms with Gasteiger partial charge in [-0.15, -0.1) is 21.5 Å². The zero-order chi connectivity index (χ0) is 24.2. The Bertz CT molecular complexity index is 1290. The van der Waals surface area contributed by atoms with E-state index in [0.29, 0.717) is 34.4 Å². The Labute approximate surface area is 207 Å². The Morgan fingerprint density at radius 3 is 2.59 bits per heavy atom. The first kappa shape index (κ1) is 24.0. The van der Waals surface area contributed by atoms with Crippen molar-refractivity contribution in [2.24, 2.45) is 0 Å². The highest BCUT2D eigenvalue weighted by Gasteiger charge is 2.22. The summed E-state index contributed by atoms with van der Waals surface area (Å²) >= 11 is 2.85. The second-order valence-electron chi connectivity index (χ2n) is 7.81. The number of aromatic nitrogens is 3. The van der Waals surface area contributed by atoms with Gasteiger partial charge in [0.15, 0.2) is 5.13 Å². The summed E-state index contributed by atoms with van der Waals surface area (Å²) in [5.74, 6) is 1.60. The quantitative estimate of drug-likeness (QED) is 0.259. The number of thioether (sulfide) groups is 1. The lowest BCUT2D eigenvalue weighted by molar-refractivity contribution is -0.115. The minimum Gasteiger partial charge on any atom is -0.493 e. The average Bonchev–Trinajstić information content (AvgIpc) is 3.45. The van der Waals surface area contributed by atoms with Crippen LogP contribution >= 0.6 is 23.1 Å². The van der Waals surface area contributed by atoms with Crippen molar-refractivity contribution in [3.8, 4) is 17.2 Å². The van der Waals surface area contributed by atoms with E-state index in [1.54, 1.807) is 11.8 Å². The summed E-state index contributed by atoms with van der Waals surface area (Å²) in [4.78, 5) is 19.0. The van der Waals surface area contributed by atoms with Crippen LogP contribution in [0.4, 0.5) is 10.8 Å². The van der Waals surface area contributed by atoms with Gasteiger partial charge < -0.3 is 9.15 Å². The first-order chi connectivity index (χ1) is 16.4. The number of rotatable bonds is 8. The van der Waals surface area contributed by atoms with Gasteiger partial charge in [0.05, 0.1) is 23.6 Å². The Morgan fingerprint density at radius 2 is 1.88 bits per heavy atom. The molecule has 0 fully saturated rings. The molecule has 4 aromatic rings. The van der Waals surface area contributed by atoms with Crippen LogP contribution in [0, 0.1) is 20.8 Å². The summed E-state index contributed by atoms with van der Waals surface area (Å²) in [6, 6.07) is 11.8. The third kappa shape index (κ3) is 5.15. The second kappa shape index (κ2) is 10.4. The van der Waals surface area contributed by atoms with Gasteiger partial charge in [0.1, 0.15) is 5.75 Å². The van der Waals surface area contributed by atoms with Crippen molar-refractivity contribution in [1.29, 1.82) is 0 Å². The largest absolute Gasteiger partial charge is 0.493 e. The molecule has 34 heavy (non-hydrogen) atoms. The van der Waals surface area contributed by atoms with Crippen molar-refractivity contribution in [2.75, 3.05) is 11.5 Å². The standard InChI is InChI=1S/C25H26N4O3S2/c1-6-31-21-10-8-7-9-20(21)23-27-28-25(32-23)34-14-19-13-33-24(26-19)29(18(5)30)22-16(3)11-15(2)12-17(22)4/h7-13H,6,14H2,1-5H3. The van der Waals surface area contributed by atoms with Crippen molar-refractivity contribution in [3.63, 3.8) is 0 Å². The van der Waals surface area contributed by atoms with Crippen LogP contribution in [0.25, 0.3) is 11.5 Å². The van der Waals surface area contributed by atoms with E-state index in [9.17, 15) is 4.79 Å². The minimum atomic E-state index is -0.0712. The molecule has 2 aromatic heterocycles. The van der Waals surface area contributed by atoms with E-state index < -0.39 is 0 Å². The van der Waals surface area contributed by atoms with E-state index in [1.807, 2.05) is 50.4 Å². The van der Waals surface area contributed by atoms with Gasteiger partial charge in [-0.25, -0.2) is 4.98 Å². The van der Waals surface area contributed by atoms with Gasteiger partial charge in [0, 0.05) is 18.1 Å². The molecule has 0 saturated heterocycles. The number of carbonyl (C=O) groups is 1. The predicted molar refractivity (Wildman–Crippen MR) is 136 cm³/mol. The summed E-state index contributed by atoms with van der Waals surface area (Å²) in [5.41, 5.74) is 5.75. The molecule has 0 bridgehead atoms. The molecule has 0 spiro atoms. The number of hydrogen-bond donors (Lipinski definition) is 0. The topological polar surface area (TPSA) is 81.4 Å². The minimum absolute atomic E-state index is 0.0712. The third-order valence-corrected chi connectivity index (χ3v) is 6.80. The monoisotopic (exact) mass is 494 g/mol. The van der Waals surface area contributed by atoms with E-state index in [1.165, 1.54) is 28.7 Å². The maximum atomic E-state index is 12.6. The van der Waals surface area contributed by atoms with Gasteiger partial charge >= 0.3 is 0 Å². The Morgan fingerprint density at radius 1 is 1.15 bits per heavy atom. The number of nitrogens with zero attached hydrogens (tertiary/aromatic N) is 4. The Hall–Kier alpha value is -3.17. The maximum absolute atomic E-state index is 12.6. The van der Waals surface area contributed by atoms with Crippen molar-refractivity contribution < 1.29 is 13.9 Å². The van der Waals surface area contributed by atoms with E-state index in [0.717, 1.165) is 28.1 Å². The van der Waals surface area contributed by atoms with Crippen molar-refractivity contribution in [1.82, 2.24) is 15.2 Å². The number of anilines is 2. The summed E-state index contributed by atoms with van der Waals surface area (Å²) in [6.45, 7) is 10.1. The van der Waals surface area contributed by atoms with Crippen LogP contribution in [-0.4, -0.2) is 27.7 Å². The molecule has 0 aliphatic rings. The summed E-state index contributed by atoms with van der Waals surface area (Å²) in [5, 5.41) is 11.4. The third-order valence-electron chi connectivity index (χ3n) is 5.07. The molecule has 0 aliphatic carbocycles. The van der Waals surface area contributed by atoms with Crippen LogP contribution < -0.4 is 9.64 Å². The number of amides is 1. The number of benzene rings is 2. The molecule has 2 aromatic carbocycles. The summed E-state index contributed by atoms with van der Waals surface area (Å²) in [6.07, 6.45) is 0. The number of ether oxygens (including phenoxy) is 1. The highest BCUT2D eigenvalue weighted by molar-refractivity contribution is 7.98. The van der Waals surface area contributed by atoms with Gasteiger partial charge in [-0.2, -0.15) is 0 Å². The number of carbonyl (C=O) groups excluding carboxylic acids is 1. The van der Waals surface area contributed by atoms with Crippen LogP contribution in [0.15, 0.2) is 51.4 Å². The van der Waals surface area contributed by atoms with E-state index in [4.69, 9.17) is 14.1 Å². The molecule has 0 N–H and O–H groups in total. The molecule has 1 amide bonds. The predicted octanol–water partition coefficient (Wildman–Crippen LogP) is 6.49. The molecule has 0 saturated carbocycles. The molecule has 4 rings (SSSR count). The average molecular weight is 495 g/mol. The van der Waals surface area contributed by atoms with Crippen molar-refractivity contribution >= 4 is 39.8 Å². The van der Waals surface area contributed by atoms with Crippen LogP contribution in [0.2, 0.25) is 0 Å². The van der Waals surface area contributed by atoms with Crippen molar-refractivity contribution in [3.05, 3.63) is 64.2 Å². The Kier molecular flexibility index (Phi) is 7.33. The molecule has 0 unspecified atom stereocenters. The Balaban J connectivity index is 1.50. The fourth-order valence-corrected chi connectivity index (χ4v) is 5.45. The molecule has 2 heterocycles. The first-order valence-corrected chi connectivity index (χ1v) is 12.7. The highest BCUT2D eigenvalue weighted by atomic mass is 32.2. The van der Waals surface area contributed by atoms with Crippen LogP contribution in [0.1, 0.15) is 36.2 Å². The van der Waals surface area contributed by atoms with Crippen LogP contribution in [0.3, 0.4) is 0 Å². The zero-order valence-corrected chi connectivity index (χ0v) is 21.4. The van der Waals surface area contributed by atoms with Crippen LogP contribution in [0.5, 0.6) is 5.75 Å². The maximum Gasteiger partial charge on any atom is 0.277 e. The molecule has 9 heteroatoms. The second-order valence-corrected chi connectivity index (χ2v) is 9.58. The fraction of sp³-hybridized carbons (Fsp3) is 0.280. The molecular formula is C25H26N4O3S2. The van der Waals surface area contributed by atoms with Gasteiger partial charge in [-0.05, 0) is 51.0 Å². The number of thiazole rings is 1. The van der Waals surface area contributed by atoms with Crippen LogP contribution in [-0.2, 0) is 10.5 Å². The lowest BCUT2D eigenvalue weighted by Crippen LogP contribution is -2.24. The normalized spacial score (nSPS) is 11.0. The molecule has 7 nitrogen and oxygen atoms in total. The molecule has 0 aliphatic heterocycles. The van der Waals surface area contributed by atoms with Gasteiger partial charge in [-0.3, -0.25) is 9.69 Å². The summed E-state index contributed by atoms with van der Waals surface area (Å²) in [7, 11) is 0. The first-order valence-electron chi connectivity index (χ1n) is 10.9. The number of para-hydroxylation sites is 1. The number of hydrogen-bond acceptors (Lipinski definition) is 8. The lowest BCUT2D eigenvalue weighted by atomic mass is 10.0. The lowest BCUT2D eigenvalue weighted by Gasteiger charge is -2.23. The molecular weight excluding hydrogens is 468 g/mol. The fourth-order valence-electron chi connectivity index (χ4n) is 3.82. The van der Waals surface area contributed by atoms with E-state index >= 15 is 0 Å². The molecule has 0 atom stereocenters. The van der Waals surface area contributed by atoms with E-state index in [-0.39, 0.29) is 5.91 Å². The van der Waals surface area contributed by atoms with Crippen molar-refractivity contribution in [2.45, 2.75) is 45.6 Å². The van der Waals surface area contributed by atoms with Gasteiger partial charge in [0.25, 0.3) is 11.1 Å². The number of aryl methyl sites for hydroxylation is 3. The molecule has 176 valence electrons. The highest BCUT2D eigenvalue weighted by Crippen LogP contribution is 2.36. The van der Waals surface area contributed by atoms with E-state index in [2.05, 4.69) is 29.3 Å². The zero-order valence-electron chi connectivity index (χ0n) is 19.8. The molecule has 0 radical (unpaired) electrons. The summed E-state index contributed by atoms with van der Waals surface area (Å²) < 4.78 is 11.5. The van der Waals surface area contributed by atoms with Gasteiger partial charge in [-0.1, -0.05) is 41.6 Å². The van der Waals surface area contributed by atoms with Gasteiger partial charge in [0.2, 0.25) is 5.91 Å². The SMILES string of the molecule is CCOc1ccccc1-c1nnc(SCc2csc(N(C(C)=O)c3c(C)cc(C)cc3C)n2)o1.